The third-order valence-electron chi connectivity index (χ3n) is 3.69. The van der Waals surface area contributed by atoms with Crippen LogP contribution >= 0.6 is 0 Å². The van der Waals surface area contributed by atoms with Crippen molar-refractivity contribution in [1.29, 1.82) is 0 Å². The molecule has 2 heterocycles. The van der Waals surface area contributed by atoms with E-state index in [4.69, 9.17) is 4.74 Å². The molecule has 16 heavy (non-hydrogen) atoms. The van der Waals surface area contributed by atoms with Gasteiger partial charge in [0.2, 0.25) is 5.91 Å². The molecule has 0 aromatic heterocycles. The van der Waals surface area contributed by atoms with Crippen LogP contribution in [0.3, 0.4) is 0 Å². The largest absolute Gasteiger partial charge is 0.380 e. The van der Waals surface area contributed by atoms with Crippen LogP contribution in [0.1, 0.15) is 23.1 Å². The van der Waals surface area contributed by atoms with E-state index < -0.39 is 5.41 Å². The lowest BCUT2D eigenvalue weighted by Crippen LogP contribution is -2.34. The van der Waals surface area contributed by atoms with Crippen LogP contribution in [0.25, 0.3) is 0 Å². The number of carbonyl (C=O) groups is 1. The highest BCUT2D eigenvalue weighted by atomic mass is 16.5. The molecule has 3 heteroatoms. The number of carbonyl (C=O) groups excluding carboxylic acids is 1. The molecule has 1 saturated heterocycles. The first kappa shape index (κ1) is 9.85. The summed E-state index contributed by atoms with van der Waals surface area (Å²) in [5.74, 6) is 0.105. The molecule has 1 aromatic rings. The molecule has 0 radical (unpaired) electrons. The molecule has 3 rings (SSSR count). The smallest absolute Gasteiger partial charge is 0.237 e. The molecule has 2 aliphatic rings. The van der Waals surface area contributed by atoms with E-state index >= 15 is 0 Å². The molecule has 2 aliphatic heterocycles. The number of rotatable bonds is 0. The van der Waals surface area contributed by atoms with Crippen molar-refractivity contribution in [3.05, 3.63) is 28.8 Å². The Morgan fingerprint density at radius 1 is 1.38 bits per heavy atom. The van der Waals surface area contributed by atoms with Crippen LogP contribution < -0.4 is 5.32 Å². The number of hydrogen-bond acceptors (Lipinski definition) is 2. The second-order valence-corrected chi connectivity index (χ2v) is 4.84. The Labute approximate surface area is 94.8 Å². The van der Waals surface area contributed by atoms with Crippen LogP contribution in [-0.4, -0.2) is 19.1 Å². The van der Waals surface area contributed by atoms with Crippen molar-refractivity contribution >= 4 is 11.6 Å². The van der Waals surface area contributed by atoms with Gasteiger partial charge < -0.3 is 10.1 Å². The van der Waals surface area contributed by atoms with Gasteiger partial charge in [-0.2, -0.15) is 0 Å². The highest BCUT2D eigenvalue weighted by Crippen LogP contribution is 2.45. The summed E-state index contributed by atoms with van der Waals surface area (Å²) in [5.41, 5.74) is 4.08. The van der Waals surface area contributed by atoms with Gasteiger partial charge in [0.25, 0.3) is 0 Å². The second kappa shape index (κ2) is 3.08. The molecular formula is C13H15NO2. The molecular weight excluding hydrogens is 202 g/mol. The fourth-order valence-corrected chi connectivity index (χ4v) is 2.82. The maximum atomic E-state index is 12.1. The number of nitrogens with one attached hydrogen (secondary N) is 1. The molecule has 1 atom stereocenters. The van der Waals surface area contributed by atoms with E-state index in [-0.39, 0.29) is 5.91 Å². The summed E-state index contributed by atoms with van der Waals surface area (Å²) in [6.45, 7) is 5.31. The summed E-state index contributed by atoms with van der Waals surface area (Å²) in [4.78, 5) is 12.1. The van der Waals surface area contributed by atoms with Gasteiger partial charge in [-0.3, -0.25) is 4.79 Å². The fourth-order valence-electron chi connectivity index (χ4n) is 2.82. The lowest BCUT2D eigenvalue weighted by atomic mass is 9.80. The summed E-state index contributed by atoms with van der Waals surface area (Å²) >= 11 is 0. The topological polar surface area (TPSA) is 38.3 Å². The maximum Gasteiger partial charge on any atom is 0.237 e. The number of benzene rings is 1. The lowest BCUT2D eigenvalue weighted by molar-refractivity contribution is -0.120. The minimum Gasteiger partial charge on any atom is -0.380 e. The average molecular weight is 217 g/mol. The SMILES string of the molecule is Cc1cc(C)c2c(c1)C1(CCOC1)C(=O)N2. The molecule has 0 saturated carbocycles. The van der Waals surface area contributed by atoms with Crippen LogP contribution in [-0.2, 0) is 14.9 Å². The van der Waals surface area contributed by atoms with Gasteiger partial charge in [0.05, 0.1) is 6.61 Å². The molecule has 1 amide bonds. The Morgan fingerprint density at radius 2 is 2.19 bits per heavy atom. The van der Waals surface area contributed by atoms with E-state index in [0.717, 1.165) is 23.2 Å². The monoisotopic (exact) mass is 217 g/mol. The van der Waals surface area contributed by atoms with Crippen molar-refractivity contribution < 1.29 is 9.53 Å². The molecule has 1 fully saturated rings. The van der Waals surface area contributed by atoms with Crippen LogP contribution in [0.5, 0.6) is 0 Å². The van der Waals surface area contributed by atoms with E-state index in [9.17, 15) is 4.79 Å². The highest BCUT2D eigenvalue weighted by Gasteiger charge is 2.49. The molecule has 0 aliphatic carbocycles. The normalized spacial score (nSPS) is 27.2. The lowest BCUT2D eigenvalue weighted by Gasteiger charge is -2.19. The standard InChI is InChI=1S/C13H15NO2/c1-8-5-9(2)11-10(6-8)13(12(15)14-11)3-4-16-7-13/h5-6H,3-4,7H2,1-2H3,(H,14,15). The van der Waals surface area contributed by atoms with Gasteiger partial charge in [-0.25, -0.2) is 0 Å². The number of ether oxygens (including phenoxy) is 1. The van der Waals surface area contributed by atoms with Crippen LogP contribution in [0.2, 0.25) is 0 Å². The Morgan fingerprint density at radius 3 is 2.88 bits per heavy atom. The van der Waals surface area contributed by atoms with Gasteiger partial charge in [0.1, 0.15) is 5.41 Å². The Hall–Kier alpha value is -1.35. The molecule has 0 bridgehead atoms. The molecule has 3 nitrogen and oxygen atoms in total. The molecule has 84 valence electrons. The maximum absolute atomic E-state index is 12.1. The van der Waals surface area contributed by atoms with E-state index in [1.165, 1.54) is 5.56 Å². The zero-order valence-electron chi connectivity index (χ0n) is 9.59. The minimum absolute atomic E-state index is 0.105. The first-order valence-electron chi connectivity index (χ1n) is 5.64. The first-order chi connectivity index (χ1) is 7.63. The Kier molecular flexibility index (Phi) is 1.89. The van der Waals surface area contributed by atoms with Gasteiger partial charge in [-0.15, -0.1) is 0 Å². The van der Waals surface area contributed by atoms with Crippen molar-refractivity contribution in [2.45, 2.75) is 25.7 Å². The highest BCUT2D eigenvalue weighted by molar-refractivity contribution is 6.07. The van der Waals surface area contributed by atoms with Gasteiger partial charge in [-0.1, -0.05) is 17.7 Å². The number of amides is 1. The van der Waals surface area contributed by atoms with Gasteiger partial charge in [0, 0.05) is 12.3 Å². The summed E-state index contributed by atoms with van der Waals surface area (Å²) in [5, 5.41) is 3.01. The van der Waals surface area contributed by atoms with E-state index in [2.05, 4.69) is 24.4 Å². The van der Waals surface area contributed by atoms with Gasteiger partial charge in [0.15, 0.2) is 0 Å². The van der Waals surface area contributed by atoms with E-state index in [1.807, 2.05) is 6.92 Å². The fraction of sp³-hybridized carbons (Fsp3) is 0.462. The van der Waals surface area contributed by atoms with Crippen LogP contribution in [0.4, 0.5) is 5.69 Å². The number of aryl methyl sites for hydroxylation is 2. The van der Waals surface area contributed by atoms with Gasteiger partial charge in [-0.05, 0) is 31.4 Å². The van der Waals surface area contributed by atoms with Crippen LogP contribution in [0, 0.1) is 13.8 Å². The Bertz CT molecular complexity index is 473. The Balaban J connectivity index is 2.24. The molecule has 1 spiro atoms. The van der Waals surface area contributed by atoms with Crippen molar-refractivity contribution in [2.75, 3.05) is 18.5 Å². The zero-order valence-corrected chi connectivity index (χ0v) is 9.59. The summed E-state index contributed by atoms with van der Waals surface area (Å²) in [6, 6.07) is 4.23. The van der Waals surface area contributed by atoms with Gasteiger partial charge >= 0.3 is 0 Å². The third kappa shape index (κ3) is 1.09. The average Bonchev–Trinajstić information content (AvgIpc) is 2.79. The van der Waals surface area contributed by atoms with Crippen molar-refractivity contribution in [1.82, 2.24) is 0 Å². The van der Waals surface area contributed by atoms with Crippen molar-refractivity contribution in [3.63, 3.8) is 0 Å². The number of fused-ring (bicyclic) bond motifs is 2. The predicted molar refractivity (Wildman–Crippen MR) is 61.7 cm³/mol. The predicted octanol–water partition coefficient (Wildman–Crippen LogP) is 1.91. The van der Waals surface area contributed by atoms with E-state index in [1.54, 1.807) is 0 Å². The minimum atomic E-state index is -0.411. The van der Waals surface area contributed by atoms with Crippen molar-refractivity contribution in [3.8, 4) is 0 Å². The quantitative estimate of drug-likeness (QED) is 0.721. The molecule has 1 aromatic carbocycles. The summed E-state index contributed by atoms with van der Waals surface area (Å²) in [6.07, 6.45) is 0.800. The van der Waals surface area contributed by atoms with Crippen molar-refractivity contribution in [2.24, 2.45) is 0 Å². The first-order valence-corrected chi connectivity index (χ1v) is 5.64. The molecule has 1 N–H and O–H groups in total. The zero-order chi connectivity index (χ0) is 11.3. The number of hydrogen-bond donors (Lipinski definition) is 1. The van der Waals surface area contributed by atoms with E-state index in [0.29, 0.717) is 13.2 Å². The third-order valence-corrected chi connectivity index (χ3v) is 3.69. The number of anilines is 1. The summed E-state index contributed by atoms with van der Waals surface area (Å²) < 4.78 is 5.43. The van der Waals surface area contributed by atoms with Crippen LogP contribution in [0.15, 0.2) is 12.1 Å². The summed E-state index contributed by atoms with van der Waals surface area (Å²) in [7, 11) is 0. The molecule has 1 unspecified atom stereocenters. The second-order valence-electron chi connectivity index (χ2n) is 4.84.